The number of carbonyl (C=O) groups is 1. The van der Waals surface area contributed by atoms with Gasteiger partial charge in [0.15, 0.2) is 6.54 Å². The van der Waals surface area contributed by atoms with Crippen LogP contribution in [0, 0.1) is 0 Å². The molecule has 0 saturated carbocycles. The zero-order chi connectivity index (χ0) is 14.6. The molecule has 0 spiro atoms. The summed E-state index contributed by atoms with van der Waals surface area (Å²) in [5.41, 5.74) is -0.357. The van der Waals surface area contributed by atoms with Crippen LogP contribution in [-0.4, -0.2) is 38.8 Å². The van der Waals surface area contributed by atoms with Crippen molar-refractivity contribution in [2.75, 3.05) is 38.2 Å². The van der Waals surface area contributed by atoms with E-state index >= 15 is 0 Å². The first kappa shape index (κ1) is 14.8. The third kappa shape index (κ3) is 4.21. The van der Waals surface area contributed by atoms with Gasteiger partial charge in [-0.2, -0.15) is 13.2 Å². The maximum atomic E-state index is 12.4. The van der Waals surface area contributed by atoms with E-state index in [-0.39, 0.29) is 5.91 Å². The number of morpholine rings is 1. The quantitative estimate of drug-likeness (QED) is 0.854. The van der Waals surface area contributed by atoms with E-state index < -0.39 is 11.7 Å². The molecule has 0 unspecified atom stereocenters. The number of quaternary nitrogens is 1. The summed E-state index contributed by atoms with van der Waals surface area (Å²) in [5.74, 6) is -0.207. The van der Waals surface area contributed by atoms with Gasteiger partial charge in [0.05, 0.1) is 18.8 Å². The van der Waals surface area contributed by atoms with Gasteiger partial charge in [-0.25, -0.2) is 0 Å². The van der Waals surface area contributed by atoms with E-state index in [2.05, 4.69) is 5.32 Å². The molecule has 0 aromatic heterocycles. The highest BCUT2D eigenvalue weighted by Crippen LogP contribution is 2.29. The van der Waals surface area contributed by atoms with Crippen molar-refractivity contribution in [3.05, 3.63) is 29.8 Å². The SMILES string of the molecule is O=C(C[NH+]1CCOCC1)Nc1ccc(C(F)(F)F)cc1. The van der Waals surface area contributed by atoms with E-state index in [0.29, 0.717) is 25.4 Å². The summed E-state index contributed by atoms with van der Waals surface area (Å²) in [6, 6.07) is 4.43. The van der Waals surface area contributed by atoms with Crippen molar-refractivity contribution in [2.45, 2.75) is 6.18 Å². The lowest BCUT2D eigenvalue weighted by Gasteiger charge is -2.23. The maximum absolute atomic E-state index is 12.4. The van der Waals surface area contributed by atoms with Crippen LogP contribution < -0.4 is 10.2 Å². The molecule has 2 N–H and O–H groups in total. The van der Waals surface area contributed by atoms with E-state index in [1.807, 2.05) is 0 Å². The van der Waals surface area contributed by atoms with Crippen LogP contribution >= 0.6 is 0 Å². The van der Waals surface area contributed by atoms with Crippen LogP contribution in [0.3, 0.4) is 0 Å². The predicted molar refractivity (Wildman–Crippen MR) is 66.5 cm³/mol. The standard InChI is InChI=1S/C13H15F3N2O2/c14-13(15,16)10-1-3-11(4-2-10)17-12(19)9-18-5-7-20-8-6-18/h1-4H,5-9H2,(H,17,19)/p+1. The molecule has 1 fully saturated rings. The minimum absolute atomic E-state index is 0.207. The lowest BCUT2D eigenvalue weighted by molar-refractivity contribution is -0.899. The first-order valence-electron chi connectivity index (χ1n) is 6.33. The number of halogens is 3. The predicted octanol–water partition coefficient (Wildman–Crippen LogP) is 0.559. The van der Waals surface area contributed by atoms with Crippen LogP contribution in [0.1, 0.15) is 5.56 Å². The molecule has 7 heteroatoms. The van der Waals surface area contributed by atoms with Crippen molar-refractivity contribution in [2.24, 2.45) is 0 Å². The molecule has 1 heterocycles. The van der Waals surface area contributed by atoms with Gasteiger partial charge in [0.25, 0.3) is 5.91 Å². The molecule has 110 valence electrons. The minimum atomic E-state index is -4.36. The van der Waals surface area contributed by atoms with Crippen molar-refractivity contribution < 1.29 is 27.6 Å². The van der Waals surface area contributed by atoms with E-state index in [1.165, 1.54) is 12.1 Å². The van der Waals surface area contributed by atoms with E-state index in [1.54, 1.807) is 0 Å². The van der Waals surface area contributed by atoms with Crippen LogP contribution in [0.5, 0.6) is 0 Å². The Hall–Kier alpha value is -1.60. The van der Waals surface area contributed by atoms with Gasteiger partial charge in [-0.15, -0.1) is 0 Å². The van der Waals surface area contributed by atoms with Crippen LogP contribution in [0.2, 0.25) is 0 Å². The summed E-state index contributed by atoms with van der Waals surface area (Å²) >= 11 is 0. The Morgan fingerprint density at radius 1 is 1.20 bits per heavy atom. The minimum Gasteiger partial charge on any atom is -0.370 e. The molecule has 0 aliphatic carbocycles. The van der Waals surface area contributed by atoms with Gasteiger partial charge in [0.1, 0.15) is 13.1 Å². The fourth-order valence-corrected chi connectivity index (χ4v) is 2.01. The second kappa shape index (κ2) is 6.23. The summed E-state index contributed by atoms with van der Waals surface area (Å²) < 4.78 is 42.4. The van der Waals surface area contributed by atoms with Crippen molar-refractivity contribution in [1.82, 2.24) is 0 Å². The summed E-state index contributed by atoms with van der Waals surface area (Å²) in [4.78, 5) is 12.9. The molecule has 1 aromatic carbocycles. The Morgan fingerprint density at radius 3 is 2.35 bits per heavy atom. The first-order chi connectivity index (χ1) is 9.45. The molecule has 1 saturated heterocycles. The average molecular weight is 289 g/mol. The summed E-state index contributed by atoms with van der Waals surface area (Å²) in [5, 5.41) is 2.60. The number of rotatable bonds is 3. The number of amides is 1. The molecule has 1 aliphatic heterocycles. The molecular weight excluding hydrogens is 273 g/mol. The highest BCUT2D eigenvalue weighted by Gasteiger charge is 2.30. The zero-order valence-electron chi connectivity index (χ0n) is 10.8. The van der Waals surface area contributed by atoms with Gasteiger partial charge in [0.2, 0.25) is 0 Å². The van der Waals surface area contributed by atoms with E-state index in [4.69, 9.17) is 4.74 Å². The number of hydrogen-bond donors (Lipinski definition) is 2. The number of hydrogen-bond acceptors (Lipinski definition) is 2. The van der Waals surface area contributed by atoms with Gasteiger partial charge < -0.3 is 15.0 Å². The lowest BCUT2D eigenvalue weighted by Crippen LogP contribution is -3.15. The third-order valence-electron chi connectivity index (χ3n) is 3.11. The highest BCUT2D eigenvalue weighted by atomic mass is 19.4. The fraction of sp³-hybridized carbons (Fsp3) is 0.462. The fourth-order valence-electron chi connectivity index (χ4n) is 2.01. The number of carbonyl (C=O) groups excluding carboxylic acids is 1. The smallest absolute Gasteiger partial charge is 0.370 e. The maximum Gasteiger partial charge on any atom is 0.416 e. The van der Waals surface area contributed by atoms with Crippen molar-refractivity contribution >= 4 is 11.6 Å². The number of benzene rings is 1. The molecule has 0 atom stereocenters. The monoisotopic (exact) mass is 289 g/mol. The van der Waals surface area contributed by atoms with Gasteiger partial charge in [0, 0.05) is 5.69 Å². The number of anilines is 1. The largest absolute Gasteiger partial charge is 0.416 e. The summed E-state index contributed by atoms with van der Waals surface area (Å²) in [7, 11) is 0. The Kier molecular flexibility index (Phi) is 4.61. The Balaban J connectivity index is 1.87. The first-order valence-corrected chi connectivity index (χ1v) is 6.33. The van der Waals surface area contributed by atoms with Crippen LogP contribution in [0.15, 0.2) is 24.3 Å². The van der Waals surface area contributed by atoms with Gasteiger partial charge in [-0.3, -0.25) is 4.79 Å². The Bertz CT molecular complexity index is 454. The summed E-state index contributed by atoms with van der Waals surface area (Å²) in [6.45, 7) is 3.08. The van der Waals surface area contributed by atoms with Crippen LogP contribution in [-0.2, 0) is 15.7 Å². The van der Waals surface area contributed by atoms with Crippen LogP contribution in [0.4, 0.5) is 18.9 Å². The van der Waals surface area contributed by atoms with E-state index in [9.17, 15) is 18.0 Å². The van der Waals surface area contributed by atoms with Gasteiger partial charge in [-0.05, 0) is 24.3 Å². The molecule has 2 rings (SSSR count). The topological polar surface area (TPSA) is 42.8 Å². The molecule has 20 heavy (non-hydrogen) atoms. The van der Waals surface area contributed by atoms with Gasteiger partial charge >= 0.3 is 6.18 Å². The Labute approximate surface area is 114 Å². The molecule has 0 radical (unpaired) electrons. The molecule has 1 aromatic rings. The van der Waals surface area contributed by atoms with Crippen LogP contribution in [0.25, 0.3) is 0 Å². The van der Waals surface area contributed by atoms with E-state index in [0.717, 1.165) is 30.1 Å². The molecule has 1 aliphatic rings. The zero-order valence-corrected chi connectivity index (χ0v) is 10.8. The van der Waals surface area contributed by atoms with Crippen molar-refractivity contribution in [3.63, 3.8) is 0 Å². The third-order valence-corrected chi connectivity index (χ3v) is 3.11. The average Bonchev–Trinajstić information content (AvgIpc) is 2.39. The number of ether oxygens (including phenoxy) is 1. The molecule has 0 bridgehead atoms. The van der Waals surface area contributed by atoms with Crippen molar-refractivity contribution in [1.29, 1.82) is 0 Å². The lowest BCUT2D eigenvalue weighted by atomic mass is 10.2. The van der Waals surface area contributed by atoms with Crippen molar-refractivity contribution in [3.8, 4) is 0 Å². The highest BCUT2D eigenvalue weighted by molar-refractivity contribution is 5.91. The van der Waals surface area contributed by atoms with Gasteiger partial charge in [-0.1, -0.05) is 0 Å². The Morgan fingerprint density at radius 2 is 1.80 bits per heavy atom. The second-order valence-electron chi connectivity index (χ2n) is 4.66. The normalized spacial score (nSPS) is 16.9. The number of alkyl halides is 3. The number of nitrogens with one attached hydrogen (secondary N) is 2. The molecule has 4 nitrogen and oxygen atoms in total. The second-order valence-corrected chi connectivity index (χ2v) is 4.66. The molecular formula is C13H16F3N2O2+. The molecule has 1 amide bonds. The summed E-state index contributed by atoms with van der Waals surface area (Å²) in [6.07, 6.45) is -4.36.